The molecule has 0 bridgehead atoms. The largest absolute Gasteiger partial charge is 0.313 e. The maximum Gasteiger partial charge on any atom is 0.0205 e. The van der Waals surface area contributed by atoms with Crippen LogP contribution in [0, 0.1) is 0 Å². The molecule has 1 aromatic rings. The Hall–Kier alpha value is -0.860. The molecule has 1 aliphatic rings. The fourth-order valence-electron chi connectivity index (χ4n) is 2.52. The molecule has 0 saturated carbocycles. The minimum absolute atomic E-state index is 0.777. The van der Waals surface area contributed by atoms with E-state index in [1.165, 1.54) is 37.1 Å². The van der Waals surface area contributed by atoms with E-state index in [1.54, 1.807) is 0 Å². The van der Waals surface area contributed by atoms with Gasteiger partial charge in [-0.05, 0) is 56.6 Å². The summed E-state index contributed by atoms with van der Waals surface area (Å²) in [5, 5.41) is 3.36. The van der Waals surface area contributed by atoms with Gasteiger partial charge in [0.25, 0.3) is 0 Å². The first-order valence-corrected chi connectivity index (χ1v) is 6.77. The van der Waals surface area contributed by atoms with Gasteiger partial charge in [-0.25, -0.2) is 0 Å². The fraction of sp³-hybridized carbons (Fsp3) is 0.600. The van der Waals surface area contributed by atoms with E-state index in [2.05, 4.69) is 48.5 Å². The van der Waals surface area contributed by atoms with Crippen LogP contribution in [0.1, 0.15) is 36.8 Å². The summed E-state index contributed by atoms with van der Waals surface area (Å²) in [7, 11) is 2.22. The molecule has 1 fully saturated rings. The second-order valence-electron chi connectivity index (χ2n) is 5.10. The minimum atomic E-state index is 0.777. The van der Waals surface area contributed by atoms with Crippen molar-refractivity contribution in [1.82, 2.24) is 10.2 Å². The van der Waals surface area contributed by atoms with Crippen LogP contribution in [0.15, 0.2) is 24.3 Å². The molecule has 1 N–H and O–H groups in total. The standard InChI is InChI=1S/C15H24N2/c1-3-16-12-13-4-6-14(7-5-13)15-8-10-17(2)11-9-15/h4-7,15-16H,3,8-12H2,1-2H3. The zero-order valence-electron chi connectivity index (χ0n) is 11.1. The van der Waals surface area contributed by atoms with Gasteiger partial charge in [0, 0.05) is 6.54 Å². The summed E-state index contributed by atoms with van der Waals surface area (Å²) in [5.41, 5.74) is 2.92. The topological polar surface area (TPSA) is 15.3 Å². The molecule has 94 valence electrons. The average molecular weight is 232 g/mol. The number of nitrogens with zero attached hydrogens (tertiary/aromatic N) is 1. The average Bonchev–Trinajstić information content (AvgIpc) is 2.38. The molecule has 0 amide bonds. The molecule has 1 heterocycles. The highest BCUT2D eigenvalue weighted by Crippen LogP contribution is 2.27. The summed E-state index contributed by atoms with van der Waals surface area (Å²) >= 11 is 0. The van der Waals surface area contributed by atoms with E-state index in [4.69, 9.17) is 0 Å². The molecule has 1 aliphatic heterocycles. The lowest BCUT2D eigenvalue weighted by atomic mass is 9.89. The van der Waals surface area contributed by atoms with Crippen LogP contribution in [0.2, 0.25) is 0 Å². The number of likely N-dealkylation sites (tertiary alicyclic amines) is 1. The van der Waals surface area contributed by atoms with Crippen LogP contribution in [-0.2, 0) is 6.54 Å². The van der Waals surface area contributed by atoms with Crippen LogP contribution >= 0.6 is 0 Å². The Balaban J connectivity index is 1.93. The van der Waals surface area contributed by atoms with Gasteiger partial charge in [0.05, 0.1) is 0 Å². The maximum atomic E-state index is 3.36. The molecule has 17 heavy (non-hydrogen) atoms. The summed E-state index contributed by atoms with van der Waals surface area (Å²) < 4.78 is 0. The third-order valence-corrected chi connectivity index (χ3v) is 3.75. The van der Waals surface area contributed by atoms with Crippen molar-refractivity contribution in [3.05, 3.63) is 35.4 Å². The third kappa shape index (κ3) is 3.55. The third-order valence-electron chi connectivity index (χ3n) is 3.75. The first-order chi connectivity index (χ1) is 8.29. The molecule has 1 aromatic carbocycles. The normalized spacial score (nSPS) is 18.5. The molecule has 0 aromatic heterocycles. The van der Waals surface area contributed by atoms with Crippen molar-refractivity contribution in [3.63, 3.8) is 0 Å². The van der Waals surface area contributed by atoms with Crippen molar-refractivity contribution < 1.29 is 0 Å². The lowest BCUT2D eigenvalue weighted by molar-refractivity contribution is 0.255. The van der Waals surface area contributed by atoms with Crippen LogP contribution < -0.4 is 5.32 Å². The Morgan fingerprint density at radius 2 is 1.82 bits per heavy atom. The van der Waals surface area contributed by atoms with E-state index in [0.717, 1.165) is 19.0 Å². The molecule has 2 heteroatoms. The predicted octanol–water partition coefficient (Wildman–Crippen LogP) is 2.61. The zero-order chi connectivity index (χ0) is 12.1. The Bertz CT molecular complexity index is 323. The van der Waals surface area contributed by atoms with E-state index in [9.17, 15) is 0 Å². The van der Waals surface area contributed by atoms with Crippen molar-refractivity contribution in [2.24, 2.45) is 0 Å². The Labute approximate surface area is 105 Å². The lowest BCUT2D eigenvalue weighted by Crippen LogP contribution is -2.29. The van der Waals surface area contributed by atoms with Gasteiger partial charge in [-0.15, -0.1) is 0 Å². The van der Waals surface area contributed by atoms with Crippen LogP contribution in [0.3, 0.4) is 0 Å². The van der Waals surface area contributed by atoms with Gasteiger partial charge in [-0.1, -0.05) is 31.2 Å². The van der Waals surface area contributed by atoms with Crippen molar-refractivity contribution >= 4 is 0 Å². The van der Waals surface area contributed by atoms with Crippen LogP contribution in [0.25, 0.3) is 0 Å². The fourth-order valence-corrected chi connectivity index (χ4v) is 2.52. The van der Waals surface area contributed by atoms with E-state index in [0.29, 0.717) is 0 Å². The molecular formula is C15H24N2. The van der Waals surface area contributed by atoms with Crippen LogP contribution in [0.4, 0.5) is 0 Å². The van der Waals surface area contributed by atoms with E-state index < -0.39 is 0 Å². The van der Waals surface area contributed by atoms with E-state index in [-0.39, 0.29) is 0 Å². The first kappa shape index (κ1) is 12.6. The number of hydrogen-bond acceptors (Lipinski definition) is 2. The van der Waals surface area contributed by atoms with E-state index >= 15 is 0 Å². The van der Waals surface area contributed by atoms with Crippen molar-refractivity contribution in [2.75, 3.05) is 26.7 Å². The Morgan fingerprint density at radius 1 is 1.18 bits per heavy atom. The van der Waals surface area contributed by atoms with Gasteiger partial charge in [0.2, 0.25) is 0 Å². The number of hydrogen-bond donors (Lipinski definition) is 1. The molecule has 0 unspecified atom stereocenters. The van der Waals surface area contributed by atoms with Gasteiger partial charge < -0.3 is 10.2 Å². The first-order valence-electron chi connectivity index (χ1n) is 6.77. The molecule has 2 nitrogen and oxygen atoms in total. The second kappa shape index (κ2) is 6.18. The Morgan fingerprint density at radius 3 is 2.41 bits per heavy atom. The summed E-state index contributed by atoms with van der Waals surface area (Å²) in [6.45, 7) is 6.65. The monoisotopic (exact) mass is 232 g/mol. The van der Waals surface area contributed by atoms with Crippen molar-refractivity contribution in [2.45, 2.75) is 32.2 Å². The highest BCUT2D eigenvalue weighted by atomic mass is 15.1. The SMILES string of the molecule is CCNCc1ccc(C2CCN(C)CC2)cc1. The Kier molecular flexibility index (Phi) is 4.57. The molecular weight excluding hydrogens is 208 g/mol. The van der Waals surface area contributed by atoms with Crippen molar-refractivity contribution in [3.8, 4) is 0 Å². The summed E-state index contributed by atoms with van der Waals surface area (Å²) in [6, 6.07) is 9.19. The minimum Gasteiger partial charge on any atom is -0.313 e. The van der Waals surface area contributed by atoms with E-state index in [1.807, 2.05) is 0 Å². The predicted molar refractivity (Wildman–Crippen MR) is 73.3 cm³/mol. The highest BCUT2D eigenvalue weighted by Gasteiger charge is 2.17. The van der Waals surface area contributed by atoms with Crippen LogP contribution in [0.5, 0.6) is 0 Å². The number of piperidine rings is 1. The van der Waals surface area contributed by atoms with Gasteiger partial charge in [0.1, 0.15) is 0 Å². The van der Waals surface area contributed by atoms with Gasteiger partial charge in [-0.2, -0.15) is 0 Å². The molecule has 0 aliphatic carbocycles. The maximum absolute atomic E-state index is 3.36. The zero-order valence-corrected chi connectivity index (χ0v) is 11.1. The summed E-state index contributed by atoms with van der Waals surface area (Å²) in [4.78, 5) is 2.43. The molecule has 2 rings (SSSR count). The number of benzene rings is 1. The molecule has 0 spiro atoms. The molecule has 0 radical (unpaired) electrons. The second-order valence-corrected chi connectivity index (χ2v) is 5.10. The van der Waals surface area contributed by atoms with Gasteiger partial charge >= 0.3 is 0 Å². The van der Waals surface area contributed by atoms with Gasteiger partial charge in [-0.3, -0.25) is 0 Å². The smallest absolute Gasteiger partial charge is 0.0205 e. The lowest BCUT2D eigenvalue weighted by Gasteiger charge is -2.29. The van der Waals surface area contributed by atoms with Crippen molar-refractivity contribution in [1.29, 1.82) is 0 Å². The molecule has 0 atom stereocenters. The molecule has 1 saturated heterocycles. The quantitative estimate of drug-likeness (QED) is 0.858. The van der Waals surface area contributed by atoms with Gasteiger partial charge in [0.15, 0.2) is 0 Å². The summed E-state index contributed by atoms with van der Waals surface area (Å²) in [5.74, 6) is 0.777. The summed E-state index contributed by atoms with van der Waals surface area (Å²) in [6.07, 6.45) is 2.62. The number of nitrogens with one attached hydrogen (secondary N) is 1. The number of rotatable bonds is 4. The van der Waals surface area contributed by atoms with Crippen LogP contribution in [-0.4, -0.2) is 31.6 Å². The highest BCUT2D eigenvalue weighted by molar-refractivity contribution is 5.25.